The first kappa shape index (κ1) is 12.8. The smallest absolute Gasteiger partial charge is 0.160 e. The molecule has 1 nitrogen and oxygen atoms in total. The number of halogens is 4. The average Bonchev–Trinajstić information content (AvgIpc) is 2.34. The van der Waals surface area contributed by atoms with Gasteiger partial charge in [-0.1, -0.05) is 11.6 Å². The van der Waals surface area contributed by atoms with Crippen LogP contribution in [-0.4, -0.2) is 0 Å². The number of anilines is 1. The van der Waals surface area contributed by atoms with Gasteiger partial charge < -0.3 is 5.32 Å². The molecule has 0 spiro atoms. The van der Waals surface area contributed by atoms with Gasteiger partial charge in [-0.3, -0.25) is 0 Å². The van der Waals surface area contributed by atoms with Crippen molar-refractivity contribution in [2.75, 3.05) is 5.32 Å². The van der Waals surface area contributed by atoms with E-state index in [1.54, 1.807) is 0 Å². The Labute approximate surface area is 107 Å². The molecule has 0 bridgehead atoms. The highest BCUT2D eigenvalue weighted by molar-refractivity contribution is 6.30. The second-order valence-corrected chi connectivity index (χ2v) is 4.15. The molecule has 0 saturated carbocycles. The third-order valence-electron chi connectivity index (χ3n) is 2.41. The first-order valence-corrected chi connectivity index (χ1v) is 5.57. The molecule has 0 aliphatic carbocycles. The molecular weight excluding hydrogens is 263 g/mol. The van der Waals surface area contributed by atoms with Crippen molar-refractivity contribution in [3.05, 3.63) is 64.4 Å². The SMILES string of the molecule is Fc1ccc(NCc2cc(Cl)ccc2F)cc1F. The summed E-state index contributed by atoms with van der Waals surface area (Å²) in [6.07, 6.45) is 0. The van der Waals surface area contributed by atoms with Gasteiger partial charge in [-0.15, -0.1) is 0 Å². The van der Waals surface area contributed by atoms with E-state index < -0.39 is 17.5 Å². The Balaban J connectivity index is 2.11. The van der Waals surface area contributed by atoms with E-state index in [0.717, 1.165) is 12.1 Å². The van der Waals surface area contributed by atoms with Gasteiger partial charge in [-0.2, -0.15) is 0 Å². The predicted octanol–water partition coefficient (Wildman–Crippen LogP) is 4.37. The number of hydrogen-bond donors (Lipinski definition) is 1. The second kappa shape index (κ2) is 5.31. The van der Waals surface area contributed by atoms with E-state index in [2.05, 4.69) is 5.32 Å². The van der Waals surface area contributed by atoms with E-state index in [9.17, 15) is 13.2 Å². The van der Waals surface area contributed by atoms with E-state index in [1.807, 2.05) is 0 Å². The van der Waals surface area contributed by atoms with Crippen molar-refractivity contribution >= 4 is 17.3 Å². The standard InChI is InChI=1S/C13H9ClF3N/c14-9-1-3-11(15)8(5-9)7-18-10-2-4-12(16)13(17)6-10/h1-6,18H,7H2. The van der Waals surface area contributed by atoms with Crippen molar-refractivity contribution in [1.82, 2.24) is 0 Å². The summed E-state index contributed by atoms with van der Waals surface area (Å²) in [6.45, 7) is 0.136. The Kier molecular flexibility index (Phi) is 3.77. The van der Waals surface area contributed by atoms with Crippen molar-refractivity contribution < 1.29 is 13.2 Å². The minimum absolute atomic E-state index is 0.136. The highest BCUT2D eigenvalue weighted by Crippen LogP contribution is 2.18. The fourth-order valence-electron chi connectivity index (χ4n) is 1.48. The summed E-state index contributed by atoms with van der Waals surface area (Å²) in [6, 6.07) is 7.57. The van der Waals surface area contributed by atoms with Crippen molar-refractivity contribution in [2.45, 2.75) is 6.54 Å². The minimum atomic E-state index is -0.952. The van der Waals surface area contributed by atoms with Crippen molar-refractivity contribution in [3.63, 3.8) is 0 Å². The van der Waals surface area contributed by atoms with Crippen LogP contribution in [0.4, 0.5) is 18.9 Å². The third-order valence-corrected chi connectivity index (χ3v) is 2.65. The lowest BCUT2D eigenvalue weighted by Gasteiger charge is -2.08. The third kappa shape index (κ3) is 2.96. The average molecular weight is 272 g/mol. The molecule has 0 unspecified atom stereocenters. The Hall–Kier alpha value is -1.68. The van der Waals surface area contributed by atoms with Crippen LogP contribution in [0.2, 0.25) is 5.02 Å². The van der Waals surface area contributed by atoms with Crippen molar-refractivity contribution in [2.24, 2.45) is 0 Å². The quantitative estimate of drug-likeness (QED) is 0.874. The topological polar surface area (TPSA) is 12.0 Å². The van der Waals surface area contributed by atoms with E-state index >= 15 is 0 Å². The largest absolute Gasteiger partial charge is 0.381 e. The zero-order valence-corrected chi connectivity index (χ0v) is 9.94. The summed E-state index contributed by atoms with van der Waals surface area (Å²) >= 11 is 5.74. The normalized spacial score (nSPS) is 10.4. The maximum absolute atomic E-state index is 13.4. The number of nitrogens with one attached hydrogen (secondary N) is 1. The molecule has 2 rings (SSSR count). The van der Waals surface area contributed by atoms with E-state index in [-0.39, 0.29) is 6.54 Å². The maximum atomic E-state index is 13.4. The van der Waals surface area contributed by atoms with Crippen LogP contribution >= 0.6 is 11.6 Å². The van der Waals surface area contributed by atoms with Gasteiger partial charge in [0, 0.05) is 28.9 Å². The van der Waals surface area contributed by atoms with E-state index in [0.29, 0.717) is 16.3 Å². The van der Waals surface area contributed by atoms with E-state index in [4.69, 9.17) is 11.6 Å². The number of hydrogen-bond acceptors (Lipinski definition) is 1. The summed E-state index contributed by atoms with van der Waals surface area (Å²) < 4.78 is 39.0. The molecule has 0 aliphatic heterocycles. The van der Waals surface area contributed by atoms with Gasteiger partial charge in [0.15, 0.2) is 11.6 Å². The van der Waals surface area contributed by atoms with Crippen LogP contribution in [0.3, 0.4) is 0 Å². The van der Waals surface area contributed by atoms with Gasteiger partial charge in [0.05, 0.1) is 0 Å². The molecule has 2 aromatic rings. The van der Waals surface area contributed by atoms with Crippen LogP contribution < -0.4 is 5.32 Å². The molecule has 18 heavy (non-hydrogen) atoms. The van der Waals surface area contributed by atoms with Crippen LogP contribution in [-0.2, 0) is 6.54 Å². The van der Waals surface area contributed by atoms with E-state index in [1.165, 1.54) is 24.3 Å². The Morgan fingerprint density at radius 1 is 0.889 bits per heavy atom. The zero-order valence-electron chi connectivity index (χ0n) is 9.18. The first-order valence-electron chi connectivity index (χ1n) is 5.19. The van der Waals surface area contributed by atoms with Gasteiger partial charge in [-0.25, -0.2) is 13.2 Å². The molecule has 5 heteroatoms. The summed E-state index contributed by atoms with van der Waals surface area (Å²) in [5, 5.41) is 3.21. The number of rotatable bonds is 3. The minimum Gasteiger partial charge on any atom is -0.381 e. The van der Waals surface area contributed by atoms with Gasteiger partial charge in [0.1, 0.15) is 5.82 Å². The van der Waals surface area contributed by atoms with Crippen LogP contribution in [0.25, 0.3) is 0 Å². The molecule has 0 aromatic heterocycles. The summed E-state index contributed by atoms with van der Waals surface area (Å²) in [7, 11) is 0. The van der Waals surface area contributed by atoms with Crippen LogP contribution in [0.5, 0.6) is 0 Å². The van der Waals surface area contributed by atoms with Gasteiger partial charge in [-0.05, 0) is 30.3 Å². The molecule has 0 heterocycles. The molecule has 0 aliphatic rings. The Morgan fingerprint density at radius 2 is 1.61 bits per heavy atom. The Bertz CT molecular complexity index is 572. The molecule has 0 fully saturated rings. The number of benzene rings is 2. The molecule has 0 amide bonds. The Morgan fingerprint density at radius 3 is 2.33 bits per heavy atom. The highest BCUT2D eigenvalue weighted by Gasteiger charge is 2.05. The summed E-state index contributed by atoms with van der Waals surface area (Å²) in [4.78, 5) is 0. The highest BCUT2D eigenvalue weighted by atomic mass is 35.5. The predicted molar refractivity (Wildman–Crippen MR) is 65.1 cm³/mol. The summed E-state index contributed by atoms with van der Waals surface area (Å²) in [5.41, 5.74) is 0.723. The second-order valence-electron chi connectivity index (χ2n) is 3.72. The molecule has 0 atom stereocenters. The molecule has 1 N–H and O–H groups in total. The lowest BCUT2D eigenvalue weighted by Crippen LogP contribution is -2.02. The lowest BCUT2D eigenvalue weighted by molar-refractivity contribution is 0.509. The molecule has 94 valence electrons. The van der Waals surface area contributed by atoms with Crippen LogP contribution in [0.1, 0.15) is 5.56 Å². The van der Waals surface area contributed by atoms with Crippen LogP contribution in [0, 0.1) is 17.5 Å². The van der Waals surface area contributed by atoms with Gasteiger partial charge in [0.2, 0.25) is 0 Å². The summed E-state index contributed by atoms with van der Waals surface area (Å²) in [5.74, 6) is -2.28. The van der Waals surface area contributed by atoms with Crippen LogP contribution in [0.15, 0.2) is 36.4 Å². The zero-order chi connectivity index (χ0) is 13.1. The first-order chi connectivity index (χ1) is 8.56. The van der Waals surface area contributed by atoms with Crippen molar-refractivity contribution in [1.29, 1.82) is 0 Å². The van der Waals surface area contributed by atoms with Gasteiger partial charge >= 0.3 is 0 Å². The van der Waals surface area contributed by atoms with Crippen molar-refractivity contribution in [3.8, 4) is 0 Å². The molecule has 0 radical (unpaired) electrons. The molecule has 2 aromatic carbocycles. The monoisotopic (exact) mass is 271 g/mol. The molecule has 0 saturated heterocycles. The maximum Gasteiger partial charge on any atom is 0.160 e. The fraction of sp³-hybridized carbons (Fsp3) is 0.0769. The lowest BCUT2D eigenvalue weighted by atomic mass is 10.2. The fourth-order valence-corrected chi connectivity index (χ4v) is 1.68. The molecular formula is C13H9ClF3N. The van der Waals surface area contributed by atoms with Gasteiger partial charge in [0.25, 0.3) is 0 Å².